The molecule has 3 nitrogen and oxygen atoms in total. The Morgan fingerprint density at radius 3 is 2.00 bits per heavy atom. The van der Waals surface area contributed by atoms with Gasteiger partial charge >= 0.3 is 80.4 Å². The molecular formula is C6H7Cl2O3P. The Morgan fingerprint density at radius 2 is 1.58 bits per heavy atom. The number of halogens is 2. The standard InChI is InChI=1S/C6H7Cl2O3P/c7-10-12(9,11-8)6-4-2-1-3-5-6/h1-5,9,12H. The van der Waals surface area contributed by atoms with Crippen LogP contribution in [-0.2, 0) is 8.15 Å². The third-order valence-electron chi connectivity index (χ3n) is 1.35. The molecule has 0 radical (unpaired) electrons. The van der Waals surface area contributed by atoms with Gasteiger partial charge in [-0.05, 0) is 0 Å². The summed E-state index contributed by atoms with van der Waals surface area (Å²) in [5.41, 5.74) is 0. The molecule has 1 aromatic carbocycles. The molecule has 1 rings (SSSR count). The SMILES string of the molecule is O[PH](OCl)(OCl)c1ccccc1. The van der Waals surface area contributed by atoms with Crippen molar-refractivity contribution in [3.05, 3.63) is 30.3 Å². The van der Waals surface area contributed by atoms with Gasteiger partial charge < -0.3 is 0 Å². The van der Waals surface area contributed by atoms with Gasteiger partial charge in [-0.1, -0.05) is 0 Å². The van der Waals surface area contributed by atoms with Crippen LogP contribution in [0.4, 0.5) is 0 Å². The molecule has 0 unspecified atom stereocenters. The van der Waals surface area contributed by atoms with E-state index in [-0.39, 0.29) is 0 Å². The van der Waals surface area contributed by atoms with Crippen LogP contribution in [0.15, 0.2) is 30.3 Å². The monoisotopic (exact) mass is 228 g/mol. The molecule has 0 saturated carbocycles. The maximum absolute atomic E-state index is 9.53. The van der Waals surface area contributed by atoms with E-state index in [1.54, 1.807) is 30.3 Å². The molecule has 0 aliphatic rings. The van der Waals surface area contributed by atoms with E-state index in [9.17, 15) is 4.89 Å². The quantitative estimate of drug-likeness (QED) is 0.807. The van der Waals surface area contributed by atoms with E-state index in [4.69, 9.17) is 23.7 Å². The molecule has 12 heavy (non-hydrogen) atoms. The van der Waals surface area contributed by atoms with E-state index >= 15 is 0 Å². The molecular weight excluding hydrogens is 222 g/mol. The van der Waals surface area contributed by atoms with Crippen LogP contribution >= 0.6 is 31.7 Å². The number of hydrogen-bond donors (Lipinski definition) is 1. The van der Waals surface area contributed by atoms with Crippen molar-refractivity contribution >= 4 is 37.0 Å². The van der Waals surface area contributed by atoms with Crippen LogP contribution in [0.25, 0.3) is 0 Å². The summed E-state index contributed by atoms with van der Waals surface area (Å²) in [4.78, 5) is 9.53. The Balaban J connectivity index is 2.95. The van der Waals surface area contributed by atoms with Crippen molar-refractivity contribution in [1.29, 1.82) is 0 Å². The van der Waals surface area contributed by atoms with Crippen LogP contribution in [-0.4, -0.2) is 4.89 Å². The summed E-state index contributed by atoms with van der Waals surface area (Å²) in [5.74, 6) is 0. The van der Waals surface area contributed by atoms with Gasteiger partial charge in [-0.2, -0.15) is 0 Å². The topological polar surface area (TPSA) is 38.7 Å². The summed E-state index contributed by atoms with van der Waals surface area (Å²) in [6.07, 6.45) is 0. The van der Waals surface area contributed by atoms with Gasteiger partial charge in [0.05, 0.1) is 0 Å². The van der Waals surface area contributed by atoms with E-state index in [0.29, 0.717) is 5.30 Å². The van der Waals surface area contributed by atoms with Gasteiger partial charge in [0.15, 0.2) is 0 Å². The molecule has 0 aliphatic carbocycles. The van der Waals surface area contributed by atoms with Crippen LogP contribution in [0.1, 0.15) is 0 Å². The second-order valence-electron chi connectivity index (χ2n) is 2.10. The van der Waals surface area contributed by atoms with E-state index in [1.165, 1.54) is 0 Å². The first kappa shape index (κ1) is 10.2. The summed E-state index contributed by atoms with van der Waals surface area (Å²) < 4.78 is 8.57. The fraction of sp³-hybridized carbons (Fsp3) is 0. The average molecular weight is 229 g/mol. The van der Waals surface area contributed by atoms with Crippen LogP contribution in [0.2, 0.25) is 0 Å². The molecule has 0 aliphatic heterocycles. The fourth-order valence-electron chi connectivity index (χ4n) is 0.750. The predicted octanol–water partition coefficient (Wildman–Crippen LogP) is 2.14. The number of hydrogen-bond acceptors (Lipinski definition) is 3. The van der Waals surface area contributed by atoms with Gasteiger partial charge in [-0.25, -0.2) is 0 Å². The van der Waals surface area contributed by atoms with Crippen LogP contribution < -0.4 is 5.30 Å². The minimum absolute atomic E-state index is 0.454. The maximum atomic E-state index is 9.53. The van der Waals surface area contributed by atoms with Crippen LogP contribution in [0, 0.1) is 0 Å². The zero-order chi connectivity index (χ0) is 9.03. The van der Waals surface area contributed by atoms with Crippen molar-refractivity contribution in [2.45, 2.75) is 0 Å². The molecule has 6 heteroatoms. The van der Waals surface area contributed by atoms with Crippen molar-refractivity contribution < 1.29 is 13.0 Å². The number of rotatable bonds is 3. The molecule has 0 spiro atoms. The second kappa shape index (κ2) is 4.38. The van der Waals surface area contributed by atoms with Crippen LogP contribution in [0.5, 0.6) is 0 Å². The zero-order valence-corrected chi connectivity index (χ0v) is 8.42. The molecule has 1 N–H and O–H groups in total. The first-order valence-electron chi connectivity index (χ1n) is 3.10. The molecule has 68 valence electrons. The first-order chi connectivity index (χ1) is 5.73. The molecule has 0 fully saturated rings. The molecule has 1 aromatic rings. The van der Waals surface area contributed by atoms with E-state index in [1.807, 2.05) is 0 Å². The summed E-state index contributed by atoms with van der Waals surface area (Å²) in [6, 6.07) is 8.48. The molecule has 0 heterocycles. The van der Waals surface area contributed by atoms with Crippen molar-refractivity contribution in [2.24, 2.45) is 0 Å². The van der Waals surface area contributed by atoms with Gasteiger partial charge in [0, 0.05) is 0 Å². The Hall–Kier alpha value is 0.110. The van der Waals surface area contributed by atoms with Crippen LogP contribution in [0.3, 0.4) is 0 Å². The summed E-state index contributed by atoms with van der Waals surface area (Å²) >= 11 is 10.1. The Kier molecular flexibility index (Phi) is 3.72. The third kappa shape index (κ3) is 2.07. The van der Waals surface area contributed by atoms with E-state index < -0.39 is 7.94 Å². The van der Waals surface area contributed by atoms with E-state index in [0.717, 1.165) is 0 Å². The summed E-state index contributed by atoms with van der Waals surface area (Å²) in [5, 5.41) is 0.454. The average Bonchev–Trinajstić information content (AvgIpc) is 2.18. The fourth-order valence-corrected chi connectivity index (χ4v) is 2.39. The molecule has 0 aromatic heterocycles. The Bertz CT molecular complexity index is 240. The number of benzene rings is 1. The second-order valence-corrected chi connectivity index (χ2v) is 5.08. The zero-order valence-electron chi connectivity index (χ0n) is 5.91. The van der Waals surface area contributed by atoms with Crippen molar-refractivity contribution in [1.82, 2.24) is 0 Å². The van der Waals surface area contributed by atoms with E-state index in [2.05, 4.69) is 8.15 Å². The third-order valence-corrected chi connectivity index (χ3v) is 4.08. The van der Waals surface area contributed by atoms with Gasteiger partial charge in [0.25, 0.3) is 0 Å². The van der Waals surface area contributed by atoms with Gasteiger partial charge in [-0.15, -0.1) is 0 Å². The van der Waals surface area contributed by atoms with Gasteiger partial charge in [0.2, 0.25) is 0 Å². The molecule has 0 bridgehead atoms. The molecule has 0 amide bonds. The normalized spacial score (nSPS) is 12.9. The van der Waals surface area contributed by atoms with Crippen molar-refractivity contribution in [3.63, 3.8) is 0 Å². The predicted molar refractivity (Wildman–Crippen MR) is 50.5 cm³/mol. The minimum atomic E-state index is -3.54. The Morgan fingerprint density at radius 1 is 1.08 bits per heavy atom. The van der Waals surface area contributed by atoms with Crippen molar-refractivity contribution in [3.8, 4) is 0 Å². The first-order valence-corrected chi connectivity index (χ1v) is 5.48. The van der Waals surface area contributed by atoms with Gasteiger partial charge in [0.1, 0.15) is 0 Å². The molecule has 0 atom stereocenters. The molecule has 0 saturated heterocycles. The summed E-state index contributed by atoms with van der Waals surface area (Å²) in [6.45, 7) is 0. The summed E-state index contributed by atoms with van der Waals surface area (Å²) in [7, 11) is -3.54. The Labute approximate surface area is 80.7 Å². The van der Waals surface area contributed by atoms with Crippen molar-refractivity contribution in [2.75, 3.05) is 0 Å². The van der Waals surface area contributed by atoms with Gasteiger partial charge in [-0.3, -0.25) is 0 Å².